The van der Waals surface area contributed by atoms with Crippen molar-refractivity contribution in [3.63, 3.8) is 0 Å². The average molecular weight is 432 g/mol. The first kappa shape index (κ1) is 21.3. The number of ether oxygens (including phenoxy) is 2. The van der Waals surface area contributed by atoms with E-state index in [-0.39, 0.29) is 11.5 Å². The molecule has 0 bridgehead atoms. The van der Waals surface area contributed by atoms with Gasteiger partial charge in [0.05, 0.1) is 30.9 Å². The molecule has 3 aromatic rings. The molecule has 0 N–H and O–H groups in total. The molecular weight excluding hydrogens is 406 g/mol. The zero-order valence-electron chi connectivity index (χ0n) is 17.1. The van der Waals surface area contributed by atoms with Crippen molar-refractivity contribution in [1.82, 2.24) is 4.98 Å². The summed E-state index contributed by atoms with van der Waals surface area (Å²) in [5.74, 6) is 1.24. The van der Waals surface area contributed by atoms with Crippen molar-refractivity contribution >= 4 is 21.2 Å². The molecule has 0 radical (unpaired) electrons. The second kappa shape index (κ2) is 8.97. The van der Waals surface area contributed by atoms with E-state index in [9.17, 15) is 8.42 Å². The lowest BCUT2D eigenvalue weighted by molar-refractivity contribution is 0.311. The van der Waals surface area contributed by atoms with Crippen LogP contribution in [0.1, 0.15) is 29.3 Å². The fourth-order valence-electron chi connectivity index (χ4n) is 3.26. The Balaban J connectivity index is 1.77. The van der Waals surface area contributed by atoms with Gasteiger partial charge in [-0.25, -0.2) is 13.4 Å². The van der Waals surface area contributed by atoms with Crippen molar-refractivity contribution in [2.75, 3.05) is 13.7 Å². The maximum absolute atomic E-state index is 12.7. The van der Waals surface area contributed by atoms with Crippen molar-refractivity contribution in [1.29, 1.82) is 0 Å². The number of benzene rings is 2. The van der Waals surface area contributed by atoms with Gasteiger partial charge in [-0.3, -0.25) is 0 Å². The minimum absolute atomic E-state index is 0.0132. The van der Waals surface area contributed by atoms with Crippen LogP contribution in [0, 0.1) is 13.8 Å². The quantitative estimate of drug-likeness (QED) is 0.505. The molecular formula is C22H25NO4S2. The number of aryl methyl sites for hydroxylation is 2. The molecule has 5 nitrogen and oxygen atoms in total. The second-order valence-corrected chi connectivity index (χ2v) is 9.89. The minimum Gasteiger partial charge on any atom is -0.493 e. The number of hydrogen-bond acceptors (Lipinski definition) is 6. The van der Waals surface area contributed by atoms with Crippen LogP contribution in [0.25, 0.3) is 10.6 Å². The molecule has 1 aromatic heterocycles. The highest BCUT2D eigenvalue weighted by molar-refractivity contribution is 7.89. The fourth-order valence-corrected chi connectivity index (χ4v) is 5.56. The molecule has 3 rings (SSSR count). The maximum Gasteiger partial charge on any atom is 0.161 e. The zero-order chi connectivity index (χ0) is 21.0. The van der Waals surface area contributed by atoms with Crippen LogP contribution in [0.5, 0.6) is 11.5 Å². The molecule has 0 unspecified atom stereocenters. The van der Waals surface area contributed by atoms with Crippen molar-refractivity contribution in [2.24, 2.45) is 0 Å². The molecule has 0 atom stereocenters. The highest BCUT2D eigenvalue weighted by atomic mass is 32.2. The lowest BCUT2D eigenvalue weighted by Gasteiger charge is -2.10. The maximum atomic E-state index is 12.7. The lowest BCUT2D eigenvalue weighted by Crippen LogP contribution is -2.08. The third-order valence-electron chi connectivity index (χ3n) is 4.30. The van der Waals surface area contributed by atoms with E-state index in [0.717, 1.165) is 27.3 Å². The van der Waals surface area contributed by atoms with Crippen molar-refractivity contribution in [3.05, 3.63) is 64.2 Å². The smallest absolute Gasteiger partial charge is 0.161 e. The molecule has 0 saturated carbocycles. The Kier molecular flexibility index (Phi) is 6.59. The summed E-state index contributed by atoms with van der Waals surface area (Å²) < 4.78 is 36.3. The molecule has 0 aliphatic rings. The monoisotopic (exact) mass is 431 g/mol. The van der Waals surface area contributed by atoms with Gasteiger partial charge in [0, 0.05) is 10.9 Å². The number of methoxy groups -OCH3 is 1. The molecule has 0 amide bonds. The van der Waals surface area contributed by atoms with E-state index in [2.05, 4.69) is 4.98 Å². The summed E-state index contributed by atoms with van der Waals surface area (Å²) in [6, 6.07) is 11.5. The van der Waals surface area contributed by atoms with Gasteiger partial charge in [-0.15, -0.1) is 11.3 Å². The van der Waals surface area contributed by atoms with Crippen molar-refractivity contribution in [2.45, 2.75) is 32.3 Å². The van der Waals surface area contributed by atoms with Gasteiger partial charge in [0.2, 0.25) is 0 Å². The van der Waals surface area contributed by atoms with E-state index < -0.39 is 9.84 Å². The van der Waals surface area contributed by atoms with Gasteiger partial charge in [0.15, 0.2) is 21.3 Å². The first-order valence-corrected chi connectivity index (χ1v) is 12.0. The molecule has 2 aromatic carbocycles. The molecule has 29 heavy (non-hydrogen) atoms. The van der Waals surface area contributed by atoms with Gasteiger partial charge < -0.3 is 9.47 Å². The van der Waals surface area contributed by atoms with Crippen LogP contribution >= 0.6 is 11.3 Å². The zero-order valence-corrected chi connectivity index (χ0v) is 18.7. The number of hydrogen-bond donors (Lipinski definition) is 0. The van der Waals surface area contributed by atoms with E-state index >= 15 is 0 Å². The van der Waals surface area contributed by atoms with Crippen LogP contribution in [0.2, 0.25) is 0 Å². The fraction of sp³-hybridized carbons (Fsp3) is 0.318. The highest BCUT2D eigenvalue weighted by Gasteiger charge is 2.17. The Labute approximate surface area is 176 Å². The van der Waals surface area contributed by atoms with Crippen LogP contribution < -0.4 is 9.47 Å². The van der Waals surface area contributed by atoms with Crippen LogP contribution in [0.15, 0.2) is 41.8 Å². The molecule has 0 aliphatic heterocycles. The standard InChI is InChI=1S/C22H25NO4S2/c1-5-27-20-7-6-18(11-21(20)26-4)22-23-19(12-28-22)14-29(24,25)13-17-9-15(2)8-16(3)10-17/h6-12H,5,13-14H2,1-4H3. The van der Waals surface area contributed by atoms with E-state index in [1.54, 1.807) is 12.5 Å². The van der Waals surface area contributed by atoms with Crippen molar-refractivity contribution in [3.8, 4) is 22.1 Å². The summed E-state index contributed by atoms with van der Waals surface area (Å²) in [6.07, 6.45) is 0. The third kappa shape index (κ3) is 5.58. The highest BCUT2D eigenvalue weighted by Crippen LogP contribution is 2.34. The summed E-state index contributed by atoms with van der Waals surface area (Å²) in [7, 11) is -1.73. The Hall–Kier alpha value is -2.38. The number of aromatic nitrogens is 1. The SMILES string of the molecule is CCOc1ccc(-c2nc(CS(=O)(=O)Cc3cc(C)cc(C)c3)cs2)cc1OC. The molecule has 1 heterocycles. The molecule has 154 valence electrons. The largest absolute Gasteiger partial charge is 0.493 e. The summed E-state index contributed by atoms with van der Waals surface area (Å²) in [4.78, 5) is 4.54. The predicted molar refractivity (Wildman–Crippen MR) is 118 cm³/mol. The number of nitrogens with zero attached hydrogens (tertiary/aromatic N) is 1. The summed E-state index contributed by atoms with van der Waals surface area (Å²) in [5, 5.41) is 2.56. The van der Waals surface area contributed by atoms with Crippen LogP contribution in [-0.2, 0) is 21.3 Å². The van der Waals surface area contributed by atoms with Crippen molar-refractivity contribution < 1.29 is 17.9 Å². The minimum atomic E-state index is -3.32. The molecule has 0 aliphatic carbocycles. The molecule has 7 heteroatoms. The van der Waals surface area contributed by atoms with E-state index in [4.69, 9.17) is 9.47 Å². The summed E-state index contributed by atoms with van der Waals surface area (Å²) >= 11 is 1.42. The first-order valence-electron chi connectivity index (χ1n) is 9.33. The first-order chi connectivity index (χ1) is 13.8. The van der Waals surface area contributed by atoms with Gasteiger partial charge in [0.25, 0.3) is 0 Å². The van der Waals surface area contributed by atoms with Gasteiger partial charge in [-0.1, -0.05) is 29.3 Å². The van der Waals surface area contributed by atoms with Gasteiger partial charge in [0.1, 0.15) is 5.01 Å². The van der Waals surface area contributed by atoms with Crippen LogP contribution in [-0.4, -0.2) is 27.1 Å². The average Bonchev–Trinajstić information content (AvgIpc) is 3.08. The Morgan fingerprint density at radius 2 is 1.72 bits per heavy atom. The predicted octanol–water partition coefficient (Wildman–Crippen LogP) is 4.95. The lowest BCUT2D eigenvalue weighted by atomic mass is 10.1. The molecule has 0 fully saturated rings. The Morgan fingerprint density at radius 3 is 2.38 bits per heavy atom. The number of sulfone groups is 1. The van der Waals surface area contributed by atoms with E-state index in [1.165, 1.54) is 11.3 Å². The Morgan fingerprint density at radius 1 is 1.00 bits per heavy atom. The second-order valence-electron chi connectivity index (χ2n) is 6.97. The topological polar surface area (TPSA) is 65.5 Å². The Bertz CT molecular complexity index is 1080. The summed E-state index contributed by atoms with van der Waals surface area (Å²) in [5.41, 5.74) is 4.37. The molecule has 0 saturated heterocycles. The normalized spacial score (nSPS) is 11.4. The number of thiazole rings is 1. The van der Waals surface area contributed by atoms with Crippen LogP contribution in [0.3, 0.4) is 0 Å². The van der Waals surface area contributed by atoms with Gasteiger partial charge in [-0.05, 0) is 44.5 Å². The van der Waals surface area contributed by atoms with E-state index in [1.807, 2.05) is 57.2 Å². The van der Waals surface area contributed by atoms with E-state index in [0.29, 0.717) is 23.8 Å². The van der Waals surface area contributed by atoms with Gasteiger partial charge >= 0.3 is 0 Å². The van der Waals surface area contributed by atoms with Crippen LogP contribution in [0.4, 0.5) is 0 Å². The van der Waals surface area contributed by atoms with Gasteiger partial charge in [-0.2, -0.15) is 0 Å². The summed E-state index contributed by atoms with van der Waals surface area (Å²) in [6.45, 7) is 6.41. The third-order valence-corrected chi connectivity index (χ3v) is 6.75. The number of rotatable bonds is 8. The molecule has 0 spiro atoms.